The molecule has 1 rings (SSSR count). The van der Waals surface area contributed by atoms with Crippen LogP contribution in [0.3, 0.4) is 0 Å². The summed E-state index contributed by atoms with van der Waals surface area (Å²) in [6.45, 7) is 8.17. The highest BCUT2D eigenvalue weighted by atomic mass is 16.4. The highest BCUT2D eigenvalue weighted by Gasteiger charge is 2.41. The van der Waals surface area contributed by atoms with Crippen LogP contribution in [0.15, 0.2) is 0 Å². The Labute approximate surface area is 104 Å². The third kappa shape index (κ3) is 3.44. The molecule has 3 heteroatoms. The van der Waals surface area contributed by atoms with E-state index < -0.39 is 11.6 Å². The first-order chi connectivity index (χ1) is 7.65. The molecule has 0 saturated heterocycles. The van der Waals surface area contributed by atoms with Crippen molar-refractivity contribution in [1.29, 1.82) is 0 Å². The number of hydrogen-bond donors (Lipinski definition) is 2. The number of carboxylic acids is 1. The van der Waals surface area contributed by atoms with Crippen molar-refractivity contribution < 1.29 is 15.0 Å². The Morgan fingerprint density at radius 1 is 1.00 bits per heavy atom. The van der Waals surface area contributed by atoms with Gasteiger partial charge in [0, 0.05) is 0 Å². The molecule has 0 amide bonds. The van der Waals surface area contributed by atoms with Crippen LogP contribution in [-0.2, 0) is 4.79 Å². The van der Waals surface area contributed by atoms with Gasteiger partial charge in [0.05, 0.1) is 0 Å². The molecule has 1 fully saturated rings. The van der Waals surface area contributed by atoms with Crippen LogP contribution in [0, 0.1) is 17.3 Å². The maximum atomic E-state index is 11.1. The number of hydrogen-bond acceptors (Lipinski definition) is 2. The number of aliphatic hydroxyl groups is 1. The Balaban J connectivity index is 2.69. The van der Waals surface area contributed by atoms with Crippen LogP contribution in [0.25, 0.3) is 0 Å². The Morgan fingerprint density at radius 2 is 1.47 bits per heavy atom. The molecule has 100 valence electrons. The molecule has 0 bridgehead atoms. The third-order valence-corrected chi connectivity index (χ3v) is 4.42. The van der Waals surface area contributed by atoms with Gasteiger partial charge in [-0.25, -0.2) is 4.79 Å². The van der Waals surface area contributed by atoms with Crippen molar-refractivity contribution in [2.24, 2.45) is 17.3 Å². The van der Waals surface area contributed by atoms with E-state index in [0.717, 1.165) is 32.1 Å². The van der Waals surface area contributed by atoms with Gasteiger partial charge in [-0.15, -0.1) is 0 Å². The lowest BCUT2D eigenvalue weighted by Gasteiger charge is -2.31. The minimum absolute atomic E-state index is 0.104. The molecule has 0 aromatic carbocycles. The van der Waals surface area contributed by atoms with Gasteiger partial charge in [0.1, 0.15) is 0 Å². The number of carboxylic acid groups (broad SMARTS) is 1. The number of rotatable bonds is 2. The van der Waals surface area contributed by atoms with E-state index in [0.29, 0.717) is 5.92 Å². The normalized spacial score (nSPS) is 30.4. The van der Waals surface area contributed by atoms with E-state index in [-0.39, 0.29) is 11.3 Å². The fourth-order valence-electron chi connectivity index (χ4n) is 2.90. The third-order valence-electron chi connectivity index (χ3n) is 4.42. The predicted octanol–water partition coefficient (Wildman–Crippen LogP) is 3.06. The molecule has 0 radical (unpaired) electrons. The van der Waals surface area contributed by atoms with Crippen LogP contribution in [0.5, 0.6) is 0 Å². The van der Waals surface area contributed by atoms with Gasteiger partial charge >= 0.3 is 5.97 Å². The molecular weight excluding hydrogens is 216 g/mol. The summed E-state index contributed by atoms with van der Waals surface area (Å²) >= 11 is 0. The molecule has 1 saturated carbocycles. The maximum absolute atomic E-state index is 11.1. The summed E-state index contributed by atoms with van der Waals surface area (Å²) in [7, 11) is 0. The van der Waals surface area contributed by atoms with Crippen LogP contribution in [-0.4, -0.2) is 21.8 Å². The van der Waals surface area contributed by atoms with Gasteiger partial charge in [0.15, 0.2) is 5.60 Å². The highest BCUT2D eigenvalue weighted by molar-refractivity contribution is 5.76. The predicted molar refractivity (Wildman–Crippen MR) is 67.8 cm³/mol. The molecular formula is C14H26O3. The summed E-state index contributed by atoms with van der Waals surface area (Å²) in [4.78, 5) is 11.1. The van der Waals surface area contributed by atoms with Crippen molar-refractivity contribution >= 4 is 5.97 Å². The van der Waals surface area contributed by atoms with E-state index >= 15 is 0 Å². The zero-order valence-corrected chi connectivity index (χ0v) is 11.5. The summed E-state index contributed by atoms with van der Waals surface area (Å²) in [6.07, 6.45) is 4.84. The SMILES string of the molecule is CC(C)(C)C1CCCC(C(C)(O)C(=O)O)CC1. The second-order valence-electron chi connectivity index (χ2n) is 6.72. The average Bonchev–Trinajstić information content (AvgIpc) is 2.41. The number of aliphatic carboxylic acids is 1. The minimum atomic E-state index is -1.56. The Bertz CT molecular complexity index is 276. The van der Waals surface area contributed by atoms with Gasteiger partial charge in [0.25, 0.3) is 0 Å². The molecule has 1 aliphatic carbocycles. The van der Waals surface area contributed by atoms with Crippen molar-refractivity contribution in [3.63, 3.8) is 0 Å². The summed E-state index contributed by atoms with van der Waals surface area (Å²) < 4.78 is 0. The molecule has 3 nitrogen and oxygen atoms in total. The van der Waals surface area contributed by atoms with Crippen molar-refractivity contribution in [3.8, 4) is 0 Å². The largest absolute Gasteiger partial charge is 0.479 e. The minimum Gasteiger partial charge on any atom is -0.479 e. The average molecular weight is 242 g/mol. The van der Waals surface area contributed by atoms with Crippen LogP contribution in [0.4, 0.5) is 0 Å². The Kier molecular flexibility index (Phi) is 4.23. The summed E-state index contributed by atoms with van der Waals surface area (Å²) in [5, 5.41) is 19.1. The van der Waals surface area contributed by atoms with Gasteiger partial charge in [-0.1, -0.05) is 27.2 Å². The van der Waals surface area contributed by atoms with E-state index in [1.165, 1.54) is 6.92 Å². The van der Waals surface area contributed by atoms with Gasteiger partial charge in [-0.3, -0.25) is 0 Å². The molecule has 1 aliphatic rings. The van der Waals surface area contributed by atoms with E-state index in [2.05, 4.69) is 20.8 Å². The smallest absolute Gasteiger partial charge is 0.335 e. The Morgan fingerprint density at radius 3 is 1.94 bits per heavy atom. The van der Waals surface area contributed by atoms with Crippen LogP contribution in [0.2, 0.25) is 0 Å². The van der Waals surface area contributed by atoms with E-state index in [9.17, 15) is 9.90 Å². The van der Waals surface area contributed by atoms with Gasteiger partial charge in [-0.05, 0) is 49.9 Å². The first-order valence-corrected chi connectivity index (χ1v) is 6.61. The summed E-state index contributed by atoms with van der Waals surface area (Å²) in [5.41, 5.74) is -1.28. The fraction of sp³-hybridized carbons (Fsp3) is 0.929. The molecule has 0 aromatic rings. The van der Waals surface area contributed by atoms with Crippen molar-refractivity contribution in [1.82, 2.24) is 0 Å². The zero-order chi connectivity index (χ0) is 13.3. The van der Waals surface area contributed by atoms with Gasteiger partial charge < -0.3 is 10.2 Å². The topological polar surface area (TPSA) is 57.5 Å². The molecule has 0 aliphatic heterocycles. The van der Waals surface area contributed by atoms with E-state index in [1.54, 1.807) is 0 Å². The molecule has 17 heavy (non-hydrogen) atoms. The van der Waals surface area contributed by atoms with E-state index in [4.69, 9.17) is 5.11 Å². The van der Waals surface area contributed by atoms with Gasteiger partial charge in [0.2, 0.25) is 0 Å². The lowest BCUT2D eigenvalue weighted by Crippen LogP contribution is -2.42. The molecule has 3 atom stereocenters. The van der Waals surface area contributed by atoms with Crippen molar-refractivity contribution in [3.05, 3.63) is 0 Å². The lowest BCUT2D eigenvalue weighted by molar-refractivity contribution is -0.163. The van der Waals surface area contributed by atoms with E-state index in [1.807, 2.05) is 0 Å². The second-order valence-corrected chi connectivity index (χ2v) is 6.72. The van der Waals surface area contributed by atoms with Crippen LogP contribution < -0.4 is 0 Å². The van der Waals surface area contributed by atoms with Crippen LogP contribution in [0.1, 0.15) is 59.8 Å². The molecule has 2 N–H and O–H groups in total. The monoisotopic (exact) mass is 242 g/mol. The first-order valence-electron chi connectivity index (χ1n) is 6.61. The quantitative estimate of drug-likeness (QED) is 0.732. The lowest BCUT2D eigenvalue weighted by atomic mass is 9.76. The first kappa shape index (κ1) is 14.5. The van der Waals surface area contributed by atoms with Crippen molar-refractivity contribution in [2.75, 3.05) is 0 Å². The second kappa shape index (κ2) is 4.97. The van der Waals surface area contributed by atoms with Crippen LogP contribution >= 0.6 is 0 Å². The summed E-state index contributed by atoms with van der Waals surface area (Å²) in [6, 6.07) is 0. The molecule has 0 aromatic heterocycles. The molecule has 3 unspecified atom stereocenters. The molecule has 0 heterocycles. The standard InChI is InChI=1S/C14H26O3/c1-13(2,3)10-6-5-7-11(9-8-10)14(4,17)12(15)16/h10-11,17H,5-9H2,1-4H3,(H,15,16). The zero-order valence-electron chi connectivity index (χ0n) is 11.5. The Hall–Kier alpha value is -0.570. The maximum Gasteiger partial charge on any atom is 0.335 e. The molecule has 0 spiro atoms. The summed E-state index contributed by atoms with van der Waals surface area (Å²) in [5.74, 6) is -0.554. The van der Waals surface area contributed by atoms with Gasteiger partial charge in [-0.2, -0.15) is 0 Å². The highest BCUT2D eigenvalue weighted by Crippen LogP contribution is 2.41. The number of carbonyl (C=O) groups is 1. The fourth-order valence-corrected chi connectivity index (χ4v) is 2.90. The van der Waals surface area contributed by atoms with Crippen molar-refractivity contribution in [2.45, 2.75) is 65.4 Å².